The van der Waals surface area contributed by atoms with Crippen molar-refractivity contribution in [1.29, 1.82) is 0 Å². The summed E-state index contributed by atoms with van der Waals surface area (Å²) in [6.45, 7) is 4.99. The molecule has 0 spiro atoms. The molecule has 6 heavy (non-hydrogen) atoms. The Morgan fingerprint density at radius 1 is 1.33 bits per heavy atom. The molecule has 0 unspecified atom stereocenters. The predicted molar refractivity (Wildman–Crippen MR) is 24.1 cm³/mol. The predicted octanol–water partition coefficient (Wildman–Crippen LogP) is 0.881. The van der Waals surface area contributed by atoms with E-state index >= 15 is 0 Å². The molecule has 0 atom stereocenters. The van der Waals surface area contributed by atoms with Crippen molar-refractivity contribution in [3.63, 3.8) is 0 Å². The molecule has 0 bridgehead atoms. The molecule has 0 nitrogen and oxygen atoms in total. The topological polar surface area (TPSA) is 0 Å². The van der Waals surface area contributed by atoms with E-state index in [0.29, 0.717) is 0 Å². The molecule has 0 rings (SSSR count). The first-order chi connectivity index (χ1) is 2.91. The van der Waals surface area contributed by atoms with E-state index in [0.717, 1.165) is 0 Å². The molecule has 0 radical (unpaired) electrons. The molecule has 0 N–H and O–H groups in total. The van der Waals surface area contributed by atoms with Crippen molar-refractivity contribution in [2.45, 2.75) is 0 Å². The molecule has 0 aromatic carbocycles. The van der Waals surface area contributed by atoms with Gasteiger partial charge in [-0.15, -0.1) is 0 Å². The van der Waals surface area contributed by atoms with E-state index in [1.807, 2.05) is 10.6 Å². The standard InChI is InChI=1S/C5H5.Os/c1-3-5-4-2;/h1-5H;/q-1;/b5-3-;. The summed E-state index contributed by atoms with van der Waals surface area (Å²) < 4.78 is 1.95. The maximum absolute atomic E-state index is 4.99. The molecular weight excluding hydrogens is 250 g/mol. The molecule has 0 amide bonds. The van der Waals surface area contributed by atoms with Gasteiger partial charge in [-0.2, -0.15) is 0 Å². The quantitative estimate of drug-likeness (QED) is 0.507. The first kappa shape index (κ1) is 5.99. The van der Waals surface area contributed by atoms with Crippen LogP contribution in [0.25, 0.3) is 0 Å². The molecule has 0 saturated heterocycles. The van der Waals surface area contributed by atoms with Crippen LogP contribution in [0.5, 0.6) is 0 Å². The molecule has 0 heterocycles. The Morgan fingerprint density at radius 2 is 2.00 bits per heavy atom. The Balaban J connectivity index is 3.17. The second kappa shape index (κ2) is 4.99. The normalized spacial score (nSPS) is 8.83. The van der Waals surface area contributed by atoms with E-state index in [9.17, 15) is 0 Å². The zero-order valence-electron chi connectivity index (χ0n) is 3.24. The fourth-order valence-electron chi connectivity index (χ4n) is 0.103. The molecule has 0 aromatic rings. The minimum absolute atomic E-state index is 1.50. The third-order valence-electron chi connectivity index (χ3n) is 0.290. The molecule has 0 aliphatic rings. The summed E-state index contributed by atoms with van der Waals surface area (Å²) in [7, 11) is 0. The van der Waals surface area contributed by atoms with E-state index in [-0.39, 0.29) is 0 Å². The third kappa shape index (κ3) is 3.99. The SMILES string of the molecule is [CH-]=C/C=C\[CH]=[Os]. The Labute approximate surface area is 48.0 Å². The summed E-state index contributed by atoms with van der Waals surface area (Å²) in [4.78, 5) is 0. The van der Waals surface area contributed by atoms with Gasteiger partial charge in [0.1, 0.15) is 0 Å². The van der Waals surface area contributed by atoms with Crippen LogP contribution < -0.4 is 0 Å². The Hall–Kier alpha value is -0.0136. The Kier molecular flexibility index (Phi) is 4.98. The average molecular weight is 255 g/mol. The van der Waals surface area contributed by atoms with Crippen LogP contribution in [0, 0.1) is 6.58 Å². The first-order valence-electron chi connectivity index (χ1n) is 1.54. The van der Waals surface area contributed by atoms with Gasteiger partial charge >= 0.3 is 47.5 Å². The van der Waals surface area contributed by atoms with Gasteiger partial charge in [0.05, 0.1) is 0 Å². The summed E-state index contributed by atoms with van der Waals surface area (Å²) in [5.74, 6) is 0. The molecule has 0 fully saturated rings. The molecule has 0 aliphatic heterocycles. The van der Waals surface area contributed by atoms with Crippen molar-refractivity contribution < 1.29 is 18.1 Å². The molecule has 0 saturated carbocycles. The first-order valence-corrected chi connectivity index (χ1v) is 3.00. The van der Waals surface area contributed by atoms with E-state index in [1.54, 1.807) is 24.2 Å². The van der Waals surface area contributed by atoms with Crippen LogP contribution in [0.1, 0.15) is 0 Å². The van der Waals surface area contributed by atoms with Crippen molar-refractivity contribution in [2.75, 3.05) is 0 Å². The zero-order chi connectivity index (χ0) is 4.83. The molecule has 34 valence electrons. The van der Waals surface area contributed by atoms with Crippen LogP contribution in [0.3, 0.4) is 0 Å². The van der Waals surface area contributed by atoms with Gasteiger partial charge in [-0.25, -0.2) is 0 Å². The van der Waals surface area contributed by atoms with E-state index in [2.05, 4.69) is 0 Å². The molecule has 1 heteroatoms. The second-order valence-corrected chi connectivity index (χ2v) is 1.54. The van der Waals surface area contributed by atoms with Crippen LogP contribution in [0.4, 0.5) is 0 Å². The van der Waals surface area contributed by atoms with Gasteiger partial charge < -0.3 is 0 Å². The van der Waals surface area contributed by atoms with Gasteiger partial charge in [-0.1, -0.05) is 0 Å². The van der Waals surface area contributed by atoms with Crippen molar-refractivity contribution in [3.8, 4) is 0 Å². The number of hydrogen-bond acceptors (Lipinski definition) is 0. The second-order valence-electron chi connectivity index (χ2n) is 0.695. The van der Waals surface area contributed by atoms with Gasteiger partial charge in [0.25, 0.3) is 0 Å². The van der Waals surface area contributed by atoms with Crippen LogP contribution in [0.2, 0.25) is 0 Å². The maximum atomic E-state index is 4.99. The van der Waals surface area contributed by atoms with Crippen LogP contribution in [-0.2, 0) is 18.1 Å². The van der Waals surface area contributed by atoms with Gasteiger partial charge in [-0.3, -0.25) is 0 Å². The average Bonchev–Trinajstić information content (AvgIpc) is 1.61. The fourth-order valence-corrected chi connectivity index (χ4v) is 0.386. The van der Waals surface area contributed by atoms with E-state index < -0.39 is 0 Å². The van der Waals surface area contributed by atoms with Gasteiger partial charge in [-0.05, 0) is 0 Å². The van der Waals surface area contributed by atoms with Gasteiger partial charge in [0, 0.05) is 0 Å². The Bertz CT molecular complexity index is 62.0. The van der Waals surface area contributed by atoms with Crippen LogP contribution in [-0.4, -0.2) is 4.57 Å². The summed E-state index contributed by atoms with van der Waals surface area (Å²) in [5, 5.41) is 0. The summed E-state index contributed by atoms with van der Waals surface area (Å²) in [6.07, 6.45) is 5.18. The molecule has 0 aromatic heterocycles. The third-order valence-corrected chi connectivity index (χ3v) is 0.779. The van der Waals surface area contributed by atoms with Crippen molar-refractivity contribution in [1.82, 2.24) is 0 Å². The molecule has 0 aliphatic carbocycles. The number of hydrogen-bond donors (Lipinski definition) is 0. The fraction of sp³-hybridized carbons (Fsp3) is 0. The van der Waals surface area contributed by atoms with Crippen molar-refractivity contribution in [2.24, 2.45) is 0 Å². The van der Waals surface area contributed by atoms with Gasteiger partial charge in [0.15, 0.2) is 0 Å². The van der Waals surface area contributed by atoms with Gasteiger partial charge in [0.2, 0.25) is 0 Å². The van der Waals surface area contributed by atoms with Crippen LogP contribution in [0.15, 0.2) is 18.2 Å². The van der Waals surface area contributed by atoms with Crippen LogP contribution >= 0.6 is 0 Å². The number of allylic oxidation sites excluding steroid dienone is 3. The van der Waals surface area contributed by atoms with E-state index in [4.69, 9.17) is 6.58 Å². The summed E-state index contributed by atoms with van der Waals surface area (Å²) in [5.41, 5.74) is 0. The van der Waals surface area contributed by atoms with Crippen molar-refractivity contribution >= 4 is 4.57 Å². The monoisotopic (exact) mass is 257 g/mol. The van der Waals surface area contributed by atoms with E-state index in [1.165, 1.54) is 6.08 Å². The Morgan fingerprint density at radius 3 is 2.17 bits per heavy atom. The molecular formula is C5H5Os-. The summed E-state index contributed by atoms with van der Waals surface area (Å²) in [6, 6.07) is 0. The minimum atomic E-state index is 1.50. The van der Waals surface area contributed by atoms with Crippen molar-refractivity contribution in [3.05, 3.63) is 24.8 Å². The number of rotatable bonds is 2. The zero-order valence-corrected chi connectivity index (χ0v) is 5.78. The summed E-state index contributed by atoms with van der Waals surface area (Å²) >= 11 is 1.78.